The van der Waals surface area contributed by atoms with Crippen molar-refractivity contribution in [2.75, 3.05) is 0 Å². The molecule has 0 fully saturated rings. The summed E-state index contributed by atoms with van der Waals surface area (Å²) in [5, 5.41) is 11.1. The van der Waals surface area contributed by atoms with Gasteiger partial charge in [-0.05, 0) is 23.3 Å². The Hall–Kier alpha value is -1.06. The summed E-state index contributed by atoms with van der Waals surface area (Å²) in [5.74, 6) is 0. The molecule has 0 aromatic heterocycles. The lowest BCUT2D eigenvalue weighted by Gasteiger charge is -2.19. The summed E-state index contributed by atoms with van der Waals surface area (Å²) < 4.78 is 0. The predicted molar refractivity (Wildman–Crippen MR) is 79.5 cm³/mol. The summed E-state index contributed by atoms with van der Waals surface area (Å²) in [4.78, 5) is 0. The molecule has 0 spiro atoms. The summed E-state index contributed by atoms with van der Waals surface area (Å²) >= 11 is 11.8. The van der Waals surface area contributed by atoms with Gasteiger partial charge >= 0.3 is 0 Å². The van der Waals surface area contributed by atoms with Gasteiger partial charge in [0.15, 0.2) is 0 Å². The second-order valence-electron chi connectivity index (χ2n) is 4.46. The molecule has 2 aromatic rings. The molecule has 2 nitrogen and oxygen atoms in total. The van der Waals surface area contributed by atoms with Crippen LogP contribution in [0.3, 0.4) is 0 Å². The third kappa shape index (κ3) is 3.71. The highest BCUT2D eigenvalue weighted by atomic mass is 35.5. The number of hydrogen-bond donors (Lipinski definition) is 2. The Bertz CT molecular complexity index is 545. The lowest BCUT2D eigenvalue weighted by Crippen LogP contribution is -2.28. The molecule has 2 atom stereocenters. The van der Waals surface area contributed by atoms with E-state index in [1.54, 1.807) is 18.2 Å². The third-order valence-corrected chi connectivity index (χ3v) is 3.77. The van der Waals surface area contributed by atoms with Crippen molar-refractivity contribution in [2.45, 2.75) is 18.6 Å². The zero-order chi connectivity index (χ0) is 13.8. The molecule has 0 saturated carbocycles. The van der Waals surface area contributed by atoms with Gasteiger partial charge in [0.25, 0.3) is 0 Å². The first-order valence-electron chi connectivity index (χ1n) is 6.00. The Morgan fingerprint density at radius 1 is 1.00 bits per heavy atom. The van der Waals surface area contributed by atoms with Crippen LogP contribution in [-0.4, -0.2) is 11.2 Å². The Morgan fingerprint density at radius 3 is 2.32 bits per heavy atom. The lowest BCUT2D eigenvalue weighted by molar-refractivity contribution is 0.145. The van der Waals surface area contributed by atoms with E-state index in [1.165, 1.54) is 0 Å². The van der Waals surface area contributed by atoms with Gasteiger partial charge in [-0.15, -0.1) is 0 Å². The number of aliphatic hydroxyl groups is 1. The van der Waals surface area contributed by atoms with Crippen LogP contribution in [0.2, 0.25) is 10.0 Å². The van der Waals surface area contributed by atoms with E-state index in [0.717, 1.165) is 11.1 Å². The third-order valence-electron chi connectivity index (χ3n) is 3.03. The second-order valence-corrected chi connectivity index (χ2v) is 5.27. The van der Waals surface area contributed by atoms with Gasteiger partial charge in [0.1, 0.15) is 0 Å². The SMILES string of the molecule is N[C@@H](c1ccc(Cl)c(Cl)c1)[C@H](O)Cc1ccccc1. The van der Waals surface area contributed by atoms with Gasteiger partial charge in [0.2, 0.25) is 0 Å². The minimum absolute atomic E-state index is 0.446. The van der Waals surface area contributed by atoms with Crippen LogP contribution in [0.1, 0.15) is 17.2 Å². The van der Waals surface area contributed by atoms with Crippen molar-refractivity contribution in [1.29, 1.82) is 0 Å². The molecule has 0 bridgehead atoms. The van der Waals surface area contributed by atoms with Crippen molar-refractivity contribution in [2.24, 2.45) is 5.73 Å². The summed E-state index contributed by atoms with van der Waals surface area (Å²) in [7, 11) is 0. The van der Waals surface area contributed by atoms with E-state index in [2.05, 4.69) is 0 Å². The molecule has 100 valence electrons. The molecule has 0 amide bonds. The number of benzene rings is 2. The number of halogens is 2. The van der Waals surface area contributed by atoms with Gasteiger partial charge in [-0.2, -0.15) is 0 Å². The second kappa shape index (κ2) is 6.40. The molecule has 0 aliphatic carbocycles. The maximum Gasteiger partial charge on any atom is 0.0773 e. The average molecular weight is 296 g/mol. The van der Waals surface area contributed by atoms with Crippen molar-refractivity contribution in [3.05, 3.63) is 69.7 Å². The number of rotatable bonds is 4. The van der Waals surface area contributed by atoms with Gasteiger partial charge in [-0.25, -0.2) is 0 Å². The van der Waals surface area contributed by atoms with Crippen molar-refractivity contribution >= 4 is 23.2 Å². The summed E-state index contributed by atoms with van der Waals surface area (Å²) in [5.41, 5.74) is 7.88. The maximum absolute atomic E-state index is 10.2. The van der Waals surface area contributed by atoms with E-state index in [9.17, 15) is 5.11 Å². The topological polar surface area (TPSA) is 46.2 Å². The molecule has 0 unspecified atom stereocenters. The molecule has 3 N–H and O–H groups in total. The minimum Gasteiger partial charge on any atom is -0.391 e. The van der Waals surface area contributed by atoms with Gasteiger partial charge in [-0.3, -0.25) is 0 Å². The van der Waals surface area contributed by atoms with E-state index < -0.39 is 12.1 Å². The number of hydrogen-bond acceptors (Lipinski definition) is 2. The molecular formula is C15H15Cl2NO. The predicted octanol–water partition coefficient (Wildman–Crippen LogP) is 3.60. The van der Waals surface area contributed by atoms with Gasteiger partial charge in [0.05, 0.1) is 22.2 Å². The minimum atomic E-state index is -0.667. The largest absolute Gasteiger partial charge is 0.391 e. The van der Waals surface area contributed by atoms with E-state index in [4.69, 9.17) is 28.9 Å². The normalized spacial score (nSPS) is 14.1. The van der Waals surface area contributed by atoms with Crippen LogP contribution in [0, 0.1) is 0 Å². The molecule has 2 rings (SSSR count). The van der Waals surface area contributed by atoms with Crippen LogP contribution in [-0.2, 0) is 6.42 Å². The molecule has 2 aromatic carbocycles. The van der Waals surface area contributed by atoms with E-state index >= 15 is 0 Å². The summed E-state index contributed by atoms with van der Waals surface area (Å²) in [6.45, 7) is 0. The van der Waals surface area contributed by atoms with Gasteiger partial charge in [0, 0.05) is 6.42 Å². The van der Waals surface area contributed by atoms with Gasteiger partial charge in [-0.1, -0.05) is 59.6 Å². The van der Waals surface area contributed by atoms with Crippen molar-refractivity contribution in [1.82, 2.24) is 0 Å². The number of nitrogens with two attached hydrogens (primary N) is 1. The summed E-state index contributed by atoms with van der Waals surface area (Å²) in [6.07, 6.45) is -0.165. The Morgan fingerprint density at radius 2 is 1.68 bits per heavy atom. The molecule has 0 aliphatic heterocycles. The highest BCUT2D eigenvalue weighted by molar-refractivity contribution is 6.42. The Balaban J connectivity index is 2.10. The van der Waals surface area contributed by atoms with Crippen LogP contribution in [0.25, 0.3) is 0 Å². The number of aliphatic hydroxyl groups excluding tert-OH is 1. The van der Waals surface area contributed by atoms with Crippen LogP contribution < -0.4 is 5.73 Å². The average Bonchev–Trinajstić information content (AvgIpc) is 2.42. The smallest absolute Gasteiger partial charge is 0.0773 e. The van der Waals surface area contributed by atoms with Crippen molar-refractivity contribution in [3.8, 4) is 0 Å². The van der Waals surface area contributed by atoms with E-state index in [1.807, 2.05) is 30.3 Å². The van der Waals surface area contributed by atoms with Crippen LogP contribution >= 0.6 is 23.2 Å². The quantitative estimate of drug-likeness (QED) is 0.905. The van der Waals surface area contributed by atoms with E-state index in [-0.39, 0.29) is 0 Å². The van der Waals surface area contributed by atoms with Crippen LogP contribution in [0.5, 0.6) is 0 Å². The standard InChI is InChI=1S/C15H15Cl2NO/c16-12-7-6-11(9-13(12)17)15(18)14(19)8-10-4-2-1-3-5-10/h1-7,9,14-15,19H,8,18H2/t14-,15+/m1/s1. The lowest BCUT2D eigenvalue weighted by atomic mass is 9.97. The first kappa shape index (κ1) is 14.4. The molecule has 0 aliphatic rings. The molecule has 0 heterocycles. The van der Waals surface area contributed by atoms with Gasteiger partial charge < -0.3 is 10.8 Å². The maximum atomic E-state index is 10.2. The zero-order valence-corrected chi connectivity index (χ0v) is 11.8. The fourth-order valence-electron chi connectivity index (χ4n) is 1.92. The molecule has 0 saturated heterocycles. The molecular weight excluding hydrogens is 281 g/mol. The fourth-order valence-corrected chi connectivity index (χ4v) is 2.23. The fraction of sp³-hybridized carbons (Fsp3) is 0.200. The zero-order valence-electron chi connectivity index (χ0n) is 10.3. The Kier molecular flexibility index (Phi) is 4.83. The van der Waals surface area contributed by atoms with Crippen LogP contribution in [0.15, 0.2) is 48.5 Å². The molecule has 4 heteroatoms. The highest BCUT2D eigenvalue weighted by Crippen LogP contribution is 2.26. The van der Waals surface area contributed by atoms with Crippen molar-refractivity contribution < 1.29 is 5.11 Å². The summed E-state index contributed by atoms with van der Waals surface area (Å²) in [6, 6.07) is 14.4. The van der Waals surface area contributed by atoms with Crippen LogP contribution in [0.4, 0.5) is 0 Å². The first-order valence-corrected chi connectivity index (χ1v) is 6.76. The highest BCUT2D eigenvalue weighted by Gasteiger charge is 2.18. The molecule has 0 radical (unpaired) electrons. The Labute approximate surface area is 122 Å². The molecule has 19 heavy (non-hydrogen) atoms. The first-order chi connectivity index (χ1) is 9.08. The monoisotopic (exact) mass is 295 g/mol. The van der Waals surface area contributed by atoms with Crippen molar-refractivity contribution in [3.63, 3.8) is 0 Å². The van der Waals surface area contributed by atoms with E-state index in [0.29, 0.717) is 16.5 Å².